The van der Waals surface area contributed by atoms with Gasteiger partial charge in [-0.25, -0.2) is 0 Å². The maximum atomic E-state index is 12.0. The molecule has 1 aliphatic rings. The Morgan fingerprint density at radius 3 is 2.83 bits per heavy atom. The molecule has 1 aromatic heterocycles. The van der Waals surface area contributed by atoms with E-state index in [1.165, 1.54) is 5.56 Å². The third-order valence-electron chi connectivity index (χ3n) is 3.60. The lowest BCUT2D eigenvalue weighted by atomic mass is 9.85. The van der Waals surface area contributed by atoms with Crippen LogP contribution in [0.4, 0.5) is 0 Å². The highest BCUT2D eigenvalue weighted by Gasteiger charge is 2.25. The van der Waals surface area contributed by atoms with Crippen molar-refractivity contribution in [3.63, 3.8) is 0 Å². The average molecular weight is 247 g/mol. The van der Waals surface area contributed by atoms with Crippen LogP contribution in [0.3, 0.4) is 0 Å². The third-order valence-corrected chi connectivity index (χ3v) is 3.60. The van der Waals surface area contributed by atoms with Gasteiger partial charge in [0.25, 0.3) is 0 Å². The van der Waals surface area contributed by atoms with Gasteiger partial charge >= 0.3 is 0 Å². The maximum Gasteiger partial charge on any atom is 0.224 e. The normalized spacial score (nSPS) is 19.8. The molecule has 1 amide bonds. The summed E-state index contributed by atoms with van der Waals surface area (Å²) in [6.07, 6.45) is 4.53. The second-order valence-electron chi connectivity index (χ2n) is 5.53. The molecule has 0 bridgehead atoms. The minimum absolute atomic E-state index is 0.0648. The van der Waals surface area contributed by atoms with Gasteiger partial charge in [0.1, 0.15) is 0 Å². The van der Waals surface area contributed by atoms with E-state index in [9.17, 15) is 4.79 Å². The lowest BCUT2D eigenvalue weighted by Crippen LogP contribution is -2.40. The number of pyridine rings is 1. The van der Waals surface area contributed by atoms with Crippen molar-refractivity contribution in [1.29, 1.82) is 0 Å². The van der Waals surface area contributed by atoms with E-state index in [2.05, 4.69) is 29.5 Å². The SMILES string of the molecule is CC(C)(CNC(=O)C1CCNC1)c1ccncc1. The minimum Gasteiger partial charge on any atom is -0.355 e. The maximum absolute atomic E-state index is 12.0. The monoisotopic (exact) mass is 247 g/mol. The van der Waals surface area contributed by atoms with Crippen LogP contribution in [0.5, 0.6) is 0 Å². The molecule has 0 saturated carbocycles. The molecule has 98 valence electrons. The summed E-state index contributed by atoms with van der Waals surface area (Å²) in [6.45, 7) is 6.69. The molecule has 1 aromatic rings. The van der Waals surface area contributed by atoms with Crippen LogP contribution in [0.2, 0.25) is 0 Å². The molecule has 1 atom stereocenters. The molecule has 2 N–H and O–H groups in total. The van der Waals surface area contributed by atoms with Crippen LogP contribution in [-0.2, 0) is 10.2 Å². The van der Waals surface area contributed by atoms with Gasteiger partial charge in [0.05, 0.1) is 5.92 Å². The summed E-state index contributed by atoms with van der Waals surface area (Å²) < 4.78 is 0. The summed E-state index contributed by atoms with van der Waals surface area (Å²) in [5.41, 5.74) is 1.13. The molecule has 1 unspecified atom stereocenters. The zero-order valence-electron chi connectivity index (χ0n) is 11.1. The molecule has 0 spiro atoms. The van der Waals surface area contributed by atoms with Crippen LogP contribution in [0.15, 0.2) is 24.5 Å². The van der Waals surface area contributed by atoms with Crippen molar-refractivity contribution in [2.75, 3.05) is 19.6 Å². The smallest absolute Gasteiger partial charge is 0.224 e. The van der Waals surface area contributed by atoms with Crippen LogP contribution in [-0.4, -0.2) is 30.5 Å². The minimum atomic E-state index is -0.0648. The number of aromatic nitrogens is 1. The van der Waals surface area contributed by atoms with E-state index in [1.807, 2.05) is 12.1 Å². The number of hydrogen-bond donors (Lipinski definition) is 2. The first-order valence-electron chi connectivity index (χ1n) is 6.48. The Bertz CT molecular complexity index is 397. The molecular weight excluding hydrogens is 226 g/mol. The summed E-state index contributed by atoms with van der Waals surface area (Å²) in [7, 11) is 0. The van der Waals surface area contributed by atoms with Crippen LogP contribution in [0.1, 0.15) is 25.8 Å². The molecule has 0 aromatic carbocycles. The van der Waals surface area contributed by atoms with Crippen molar-refractivity contribution in [2.24, 2.45) is 5.92 Å². The number of nitrogens with one attached hydrogen (secondary N) is 2. The number of amides is 1. The van der Waals surface area contributed by atoms with E-state index < -0.39 is 0 Å². The second-order valence-corrected chi connectivity index (χ2v) is 5.53. The van der Waals surface area contributed by atoms with E-state index in [4.69, 9.17) is 0 Å². The van der Waals surface area contributed by atoms with Crippen molar-refractivity contribution in [1.82, 2.24) is 15.6 Å². The molecule has 1 aliphatic heterocycles. The highest BCUT2D eigenvalue weighted by Crippen LogP contribution is 2.21. The molecular formula is C14H21N3O. The lowest BCUT2D eigenvalue weighted by molar-refractivity contribution is -0.124. The number of rotatable bonds is 4. The summed E-state index contributed by atoms with van der Waals surface area (Å²) in [5.74, 6) is 0.306. The van der Waals surface area contributed by atoms with Crippen molar-refractivity contribution >= 4 is 5.91 Å². The lowest BCUT2D eigenvalue weighted by Gasteiger charge is -2.26. The van der Waals surface area contributed by atoms with E-state index in [0.717, 1.165) is 19.5 Å². The Hall–Kier alpha value is -1.42. The van der Waals surface area contributed by atoms with Crippen molar-refractivity contribution < 1.29 is 4.79 Å². The molecule has 1 saturated heterocycles. The second kappa shape index (κ2) is 5.48. The van der Waals surface area contributed by atoms with Gasteiger partial charge in [0, 0.05) is 30.9 Å². The van der Waals surface area contributed by atoms with Gasteiger partial charge in [-0.1, -0.05) is 13.8 Å². The van der Waals surface area contributed by atoms with E-state index >= 15 is 0 Å². The standard InChI is InChI=1S/C14H21N3O/c1-14(2,12-4-7-15-8-5-12)10-17-13(18)11-3-6-16-9-11/h4-5,7-8,11,16H,3,6,9-10H2,1-2H3,(H,17,18). The average Bonchev–Trinajstić information content (AvgIpc) is 2.91. The van der Waals surface area contributed by atoms with Crippen LogP contribution < -0.4 is 10.6 Å². The van der Waals surface area contributed by atoms with Crippen molar-refractivity contribution in [2.45, 2.75) is 25.7 Å². The zero-order chi connectivity index (χ0) is 13.0. The fourth-order valence-electron chi connectivity index (χ4n) is 2.24. The highest BCUT2D eigenvalue weighted by atomic mass is 16.1. The topological polar surface area (TPSA) is 54.0 Å². The molecule has 4 nitrogen and oxygen atoms in total. The molecule has 1 fully saturated rings. The fraction of sp³-hybridized carbons (Fsp3) is 0.571. The van der Waals surface area contributed by atoms with E-state index in [1.54, 1.807) is 12.4 Å². The van der Waals surface area contributed by atoms with Gasteiger partial charge in [-0.15, -0.1) is 0 Å². The third kappa shape index (κ3) is 3.07. The summed E-state index contributed by atoms with van der Waals surface area (Å²) >= 11 is 0. The molecule has 2 heterocycles. The molecule has 0 aliphatic carbocycles. The van der Waals surface area contributed by atoms with Crippen molar-refractivity contribution in [3.8, 4) is 0 Å². The molecule has 0 radical (unpaired) electrons. The first-order chi connectivity index (χ1) is 8.59. The predicted octanol–water partition coefficient (Wildman–Crippen LogP) is 1.08. The first-order valence-corrected chi connectivity index (χ1v) is 6.48. The largest absolute Gasteiger partial charge is 0.355 e. The summed E-state index contributed by atoms with van der Waals surface area (Å²) in [4.78, 5) is 16.0. The Balaban J connectivity index is 1.90. The number of carbonyl (C=O) groups excluding carboxylic acids is 1. The van der Waals surface area contributed by atoms with Gasteiger partial charge < -0.3 is 10.6 Å². The Morgan fingerprint density at radius 1 is 1.50 bits per heavy atom. The first kappa shape index (κ1) is 13.0. The van der Waals surface area contributed by atoms with Gasteiger partial charge in [0.15, 0.2) is 0 Å². The Kier molecular flexibility index (Phi) is 3.97. The number of hydrogen-bond acceptors (Lipinski definition) is 3. The Labute approximate surface area is 108 Å². The van der Waals surface area contributed by atoms with E-state index in [-0.39, 0.29) is 17.2 Å². The van der Waals surface area contributed by atoms with E-state index in [0.29, 0.717) is 6.54 Å². The van der Waals surface area contributed by atoms with Crippen LogP contribution in [0, 0.1) is 5.92 Å². The van der Waals surface area contributed by atoms with Crippen LogP contribution >= 0.6 is 0 Å². The number of nitrogens with zero attached hydrogens (tertiary/aromatic N) is 1. The quantitative estimate of drug-likeness (QED) is 0.837. The molecule has 18 heavy (non-hydrogen) atoms. The van der Waals surface area contributed by atoms with Gasteiger partial charge in [-0.2, -0.15) is 0 Å². The summed E-state index contributed by atoms with van der Waals surface area (Å²) in [6, 6.07) is 4.01. The van der Waals surface area contributed by atoms with Crippen molar-refractivity contribution in [3.05, 3.63) is 30.1 Å². The molecule has 2 rings (SSSR count). The van der Waals surface area contributed by atoms with Crippen LogP contribution in [0.25, 0.3) is 0 Å². The zero-order valence-corrected chi connectivity index (χ0v) is 11.1. The fourth-order valence-corrected chi connectivity index (χ4v) is 2.24. The highest BCUT2D eigenvalue weighted by molar-refractivity contribution is 5.79. The van der Waals surface area contributed by atoms with Gasteiger partial charge in [-0.05, 0) is 30.7 Å². The predicted molar refractivity (Wildman–Crippen MR) is 71.2 cm³/mol. The van der Waals surface area contributed by atoms with Gasteiger partial charge in [0.2, 0.25) is 5.91 Å². The van der Waals surface area contributed by atoms with Gasteiger partial charge in [-0.3, -0.25) is 9.78 Å². The Morgan fingerprint density at radius 2 is 2.22 bits per heavy atom. The molecule has 4 heteroatoms. The summed E-state index contributed by atoms with van der Waals surface area (Å²) in [5, 5.41) is 6.28. The number of carbonyl (C=O) groups is 1.